The number of aryl methyl sites for hydroxylation is 3. The number of hydrogen-bond donors (Lipinski definition) is 2. The highest BCUT2D eigenvalue weighted by Gasteiger charge is 2.15. The summed E-state index contributed by atoms with van der Waals surface area (Å²) in [5.74, 6) is 0. The van der Waals surface area contributed by atoms with Crippen LogP contribution in [0.3, 0.4) is 0 Å². The van der Waals surface area contributed by atoms with Gasteiger partial charge in [-0.3, -0.25) is 14.6 Å². The molecule has 0 saturated carbocycles. The van der Waals surface area contributed by atoms with Crippen LogP contribution in [-0.2, 0) is 13.1 Å². The Morgan fingerprint density at radius 3 is 2.82 bits per heavy atom. The molecule has 0 aliphatic rings. The van der Waals surface area contributed by atoms with E-state index >= 15 is 0 Å². The van der Waals surface area contributed by atoms with Crippen LogP contribution in [0.1, 0.15) is 17.5 Å². The van der Waals surface area contributed by atoms with Crippen LogP contribution in [-0.4, -0.2) is 28.5 Å². The minimum atomic E-state index is -0.204. The van der Waals surface area contributed by atoms with Gasteiger partial charge in [0.1, 0.15) is 21.8 Å². The van der Waals surface area contributed by atoms with Gasteiger partial charge in [-0.25, -0.2) is 9.97 Å². The summed E-state index contributed by atoms with van der Waals surface area (Å²) < 4.78 is 5.20. The summed E-state index contributed by atoms with van der Waals surface area (Å²) in [4.78, 5) is 21.9. The molecule has 0 saturated heterocycles. The standard InChI is InChI=1S/C19H19N7OS/c1-12-4-2-7-26-17(12)23-18-14(19(26)27)10-13(16(21)28)15(20)25(18)8-3-6-24-9-5-22-11-24/h2,4-5,7,9-11,20H,3,6,8H2,1H3,(H2,21,28). The molecule has 4 aromatic rings. The van der Waals surface area contributed by atoms with Gasteiger partial charge in [-0.2, -0.15) is 0 Å². The molecule has 3 N–H and O–H groups in total. The van der Waals surface area contributed by atoms with E-state index in [9.17, 15) is 4.79 Å². The van der Waals surface area contributed by atoms with Crippen molar-refractivity contribution in [1.82, 2.24) is 23.5 Å². The summed E-state index contributed by atoms with van der Waals surface area (Å²) in [6.45, 7) is 3.14. The Morgan fingerprint density at radius 1 is 1.29 bits per heavy atom. The quantitative estimate of drug-likeness (QED) is 0.393. The molecule has 4 aromatic heterocycles. The third-order valence-corrected chi connectivity index (χ3v) is 4.98. The second-order valence-corrected chi connectivity index (χ2v) is 7.06. The smallest absolute Gasteiger partial charge is 0.267 e. The molecule has 8 nitrogen and oxygen atoms in total. The van der Waals surface area contributed by atoms with Crippen LogP contribution >= 0.6 is 12.2 Å². The number of nitrogens with one attached hydrogen (secondary N) is 1. The highest BCUT2D eigenvalue weighted by Crippen LogP contribution is 2.13. The van der Waals surface area contributed by atoms with Gasteiger partial charge in [-0.15, -0.1) is 0 Å². The van der Waals surface area contributed by atoms with Crippen molar-refractivity contribution in [2.75, 3.05) is 0 Å². The van der Waals surface area contributed by atoms with Crippen LogP contribution in [0.25, 0.3) is 16.7 Å². The predicted octanol–water partition coefficient (Wildman–Crippen LogP) is 1.36. The van der Waals surface area contributed by atoms with Gasteiger partial charge in [0.15, 0.2) is 0 Å². The minimum Gasteiger partial charge on any atom is -0.389 e. The van der Waals surface area contributed by atoms with E-state index in [4.69, 9.17) is 28.3 Å². The predicted molar refractivity (Wildman–Crippen MR) is 110 cm³/mol. The zero-order valence-corrected chi connectivity index (χ0v) is 16.1. The number of rotatable bonds is 5. The summed E-state index contributed by atoms with van der Waals surface area (Å²) in [7, 11) is 0. The topological polar surface area (TPSA) is 107 Å². The third kappa shape index (κ3) is 2.99. The van der Waals surface area contributed by atoms with Gasteiger partial charge in [0.25, 0.3) is 5.56 Å². The average molecular weight is 393 g/mol. The maximum Gasteiger partial charge on any atom is 0.267 e. The summed E-state index contributed by atoms with van der Waals surface area (Å²) in [5.41, 5.74) is 8.08. The Hall–Kier alpha value is -3.33. The number of fused-ring (bicyclic) bond motifs is 2. The van der Waals surface area contributed by atoms with Gasteiger partial charge in [0.05, 0.1) is 17.3 Å². The molecule has 142 valence electrons. The van der Waals surface area contributed by atoms with E-state index < -0.39 is 0 Å². The average Bonchev–Trinajstić information content (AvgIpc) is 3.18. The first-order chi connectivity index (χ1) is 13.5. The number of nitrogens with two attached hydrogens (primary N) is 1. The molecule has 0 aromatic carbocycles. The third-order valence-electron chi connectivity index (χ3n) is 4.76. The van der Waals surface area contributed by atoms with Crippen LogP contribution in [0.15, 0.2) is 47.9 Å². The molecule has 0 fully saturated rings. The molecule has 0 bridgehead atoms. The van der Waals surface area contributed by atoms with Crippen molar-refractivity contribution in [3.05, 3.63) is 70.1 Å². The van der Waals surface area contributed by atoms with Crippen LogP contribution in [0.2, 0.25) is 0 Å². The second-order valence-electron chi connectivity index (χ2n) is 6.62. The molecule has 0 atom stereocenters. The number of aromatic nitrogens is 5. The number of pyridine rings is 2. The summed E-state index contributed by atoms with van der Waals surface area (Å²) in [5, 5.41) is 8.96. The number of imidazole rings is 1. The minimum absolute atomic E-state index is 0.0870. The van der Waals surface area contributed by atoms with Crippen molar-refractivity contribution in [2.45, 2.75) is 26.4 Å². The van der Waals surface area contributed by atoms with Crippen molar-refractivity contribution < 1.29 is 0 Å². The molecule has 0 aliphatic carbocycles. The first-order valence-corrected chi connectivity index (χ1v) is 9.24. The van der Waals surface area contributed by atoms with E-state index in [0.29, 0.717) is 28.8 Å². The molecule has 0 radical (unpaired) electrons. The van der Waals surface area contributed by atoms with Crippen molar-refractivity contribution in [2.24, 2.45) is 5.73 Å². The largest absolute Gasteiger partial charge is 0.389 e. The Balaban J connectivity index is 1.94. The fourth-order valence-corrected chi connectivity index (χ4v) is 3.49. The lowest BCUT2D eigenvalue weighted by atomic mass is 10.2. The van der Waals surface area contributed by atoms with E-state index in [1.807, 2.05) is 29.8 Å². The Bertz CT molecular complexity index is 1320. The SMILES string of the molecule is Cc1cccn2c(=O)c3cc(C(N)=S)c(=N)n(CCCn4ccnc4)c3nc12. The van der Waals surface area contributed by atoms with Gasteiger partial charge in [0, 0.05) is 31.7 Å². The van der Waals surface area contributed by atoms with Crippen LogP contribution in [0, 0.1) is 12.3 Å². The van der Waals surface area contributed by atoms with E-state index in [1.165, 1.54) is 4.40 Å². The number of thiocarbonyl (C=S) groups is 1. The molecule has 4 heterocycles. The van der Waals surface area contributed by atoms with Crippen molar-refractivity contribution in [3.63, 3.8) is 0 Å². The Kier molecular flexibility index (Phi) is 4.52. The molecule has 4 rings (SSSR count). The molecule has 0 unspecified atom stereocenters. The van der Waals surface area contributed by atoms with Crippen molar-refractivity contribution >= 4 is 33.9 Å². The van der Waals surface area contributed by atoms with Crippen molar-refractivity contribution in [1.29, 1.82) is 5.41 Å². The molecular formula is C19H19N7OS. The van der Waals surface area contributed by atoms with Crippen LogP contribution < -0.4 is 16.8 Å². The number of hydrogen-bond acceptors (Lipinski definition) is 5. The number of nitrogens with zero attached hydrogens (tertiary/aromatic N) is 5. The van der Waals surface area contributed by atoms with Crippen LogP contribution in [0.5, 0.6) is 0 Å². The van der Waals surface area contributed by atoms with Gasteiger partial charge in [-0.05, 0) is 31.0 Å². The first kappa shape index (κ1) is 18.1. The first-order valence-electron chi connectivity index (χ1n) is 8.83. The molecule has 9 heteroatoms. The van der Waals surface area contributed by atoms with Gasteiger partial charge < -0.3 is 14.9 Å². The fourth-order valence-electron chi connectivity index (χ4n) is 3.33. The summed E-state index contributed by atoms with van der Waals surface area (Å²) in [6, 6.07) is 5.29. The second kappa shape index (κ2) is 7.01. The zero-order valence-electron chi connectivity index (χ0n) is 15.3. The molecule has 0 amide bonds. The lowest BCUT2D eigenvalue weighted by molar-refractivity contribution is 0.554. The lowest BCUT2D eigenvalue weighted by Gasteiger charge is -2.15. The van der Waals surface area contributed by atoms with E-state index in [0.717, 1.165) is 18.5 Å². The Morgan fingerprint density at radius 2 is 2.11 bits per heavy atom. The highest BCUT2D eigenvalue weighted by molar-refractivity contribution is 7.80. The highest BCUT2D eigenvalue weighted by atomic mass is 32.1. The van der Waals surface area contributed by atoms with Gasteiger partial charge in [0.2, 0.25) is 0 Å². The maximum absolute atomic E-state index is 13.1. The van der Waals surface area contributed by atoms with E-state index in [1.54, 1.807) is 29.4 Å². The van der Waals surface area contributed by atoms with Gasteiger partial charge in [-0.1, -0.05) is 18.3 Å². The summed E-state index contributed by atoms with van der Waals surface area (Å²) in [6.07, 6.45) is 7.78. The molecule has 0 spiro atoms. The normalized spacial score (nSPS) is 11.3. The maximum atomic E-state index is 13.1. The van der Waals surface area contributed by atoms with Crippen LogP contribution in [0.4, 0.5) is 0 Å². The summed E-state index contributed by atoms with van der Waals surface area (Å²) >= 11 is 5.11. The van der Waals surface area contributed by atoms with Gasteiger partial charge >= 0.3 is 0 Å². The lowest BCUT2D eigenvalue weighted by Crippen LogP contribution is -2.32. The van der Waals surface area contributed by atoms with E-state index in [2.05, 4.69) is 4.98 Å². The van der Waals surface area contributed by atoms with E-state index in [-0.39, 0.29) is 16.0 Å². The van der Waals surface area contributed by atoms with Crippen molar-refractivity contribution in [3.8, 4) is 0 Å². The molecule has 28 heavy (non-hydrogen) atoms. The molecular weight excluding hydrogens is 374 g/mol. The molecule has 0 aliphatic heterocycles. The fraction of sp³-hybridized carbons (Fsp3) is 0.211. The zero-order chi connectivity index (χ0) is 19.8. The monoisotopic (exact) mass is 393 g/mol. The Labute approximate surface area is 165 Å².